The lowest BCUT2D eigenvalue weighted by Crippen LogP contribution is -2.36. The molecule has 1 unspecified atom stereocenters. The van der Waals surface area contributed by atoms with Gasteiger partial charge in [-0.25, -0.2) is 4.98 Å². The normalized spacial score (nSPS) is 18.9. The summed E-state index contributed by atoms with van der Waals surface area (Å²) in [4.78, 5) is 30.3. The largest absolute Gasteiger partial charge is 0.416 e. The van der Waals surface area contributed by atoms with Crippen molar-refractivity contribution in [3.63, 3.8) is 0 Å². The number of rotatable bonds is 3. The number of nitrogens with one attached hydrogen (secondary N) is 2. The van der Waals surface area contributed by atoms with Crippen LogP contribution in [0, 0.1) is 0 Å². The summed E-state index contributed by atoms with van der Waals surface area (Å²) in [5.41, 5.74) is 0.316. The van der Waals surface area contributed by atoms with Crippen LogP contribution in [0.4, 0.5) is 19.0 Å². The molecule has 0 bridgehead atoms. The molecular formula is C23H19BrF3N3O2. The molecule has 0 saturated carbocycles. The molecule has 1 aliphatic carbocycles. The van der Waals surface area contributed by atoms with Crippen LogP contribution in [0.1, 0.15) is 43.2 Å². The molecule has 0 spiro atoms. The van der Waals surface area contributed by atoms with Crippen molar-refractivity contribution in [2.45, 2.75) is 38.3 Å². The number of allylic oxidation sites excluding steroid dienone is 3. The maximum Gasteiger partial charge on any atom is 0.416 e. The van der Waals surface area contributed by atoms with E-state index < -0.39 is 23.6 Å². The minimum atomic E-state index is -4.64. The van der Waals surface area contributed by atoms with Gasteiger partial charge in [-0.1, -0.05) is 18.2 Å². The van der Waals surface area contributed by atoms with E-state index in [4.69, 9.17) is 0 Å². The molecule has 2 aliphatic rings. The second-order valence-corrected chi connectivity index (χ2v) is 8.58. The molecule has 1 aliphatic heterocycles. The third-order valence-electron chi connectivity index (χ3n) is 5.57. The standard InChI is InChI=1S/C23H19BrF3N3O2/c1-12-19(22(32)30-18-10-9-13(24)11-28-18)20(21-16(29-12)7-4-8-17(21)31)14-5-2-3-6-15(14)23(25,26)27/h2-3,5-6,9-11,20,29H,4,7-8H2,1H3,(H,28,30,32). The Kier molecular flexibility index (Phi) is 5.94. The van der Waals surface area contributed by atoms with Crippen LogP contribution in [0.2, 0.25) is 0 Å². The van der Waals surface area contributed by atoms with Gasteiger partial charge in [-0.2, -0.15) is 13.2 Å². The minimum absolute atomic E-state index is 0.0698. The van der Waals surface area contributed by atoms with Crippen LogP contribution in [0.5, 0.6) is 0 Å². The van der Waals surface area contributed by atoms with Crippen molar-refractivity contribution in [1.82, 2.24) is 10.3 Å². The molecule has 5 nitrogen and oxygen atoms in total. The summed E-state index contributed by atoms with van der Waals surface area (Å²) in [5.74, 6) is -1.75. The SMILES string of the molecule is CC1=C(C(=O)Nc2ccc(Br)cn2)C(c2ccccc2C(F)(F)F)C2=C(CCCC2=O)N1. The number of anilines is 1. The number of nitrogens with zero attached hydrogens (tertiary/aromatic N) is 1. The van der Waals surface area contributed by atoms with E-state index in [-0.39, 0.29) is 34.7 Å². The van der Waals surface area contributed by atoms with Crippen LogP contribution in [0.25, 0.3) is 0 Å². The lowest BCUT2D eigenvalue weighted by atomic mass is 9.73. The molecule has 1 aromatic heterocycles. The number of aromatic nitrogens is 1. The van der Waals surface area contributed by atoms with Crippen LogP contribution in [0.3, 0.4) is 0 Å². The van der Waals surface area contributed by atoms with Gasteiger partial charge in [0, 0.05) is 45.5 Å². The summed E-state index contributed by atoms with van der Waals surface area (Å²) < 4.78 is 42.4. The van der Waals surface area contributed by atoms with Gasteiger partial charge in [-0.3, -0.25) is 9.59 Å². The Labute approximate surface area is 190 Å². The van der Waals surface area contributed by atoms with Crippen molar-refractivity contribution in [3.05, 3.63) is 80.7 Å². The van der Waals surface area contributed by atoms with Crippen LogP contribution in [-0.2, 0) is 15.8 Å². The minimum Gasteiger partial charge on any atom is -0.362 e. The zero-order valence-corrected chi connectivity index (χ0v) is 18.6. The second kappa shape index (κ2) is 8.54. The van der Waals surface area contributed by atoms with Gasteiger partial charge >= 0.3 is 6.18 Å². The number of pyridine rings is 1. The van der Waals surface area contributed by atoms with E-state index in [2.05, 4.69) is 31.5 Å². The van der Waals surface area contributed by atoms with E-state index in [0.29, 0.717) is 28.7 Å². The number of Topliss-reactive ketones (excluding diaryl/α,β-unsaturated/α-hetero) is 1. The van der Waals surface area contributed by atoms with Gasteiger partial charge < -0.3 is 10.6 Å². The molecule has 2 heterocycles. The second-order valence-electron chi connectivity index (χ2n) is 7.67. The molecule has 0 radical (unpaired) electrons. The lowest BCUT2D eigenvalue weighted by Gasteiger charge is -2.35. The van der Waals surface area contributed by atoms with Gasteiger partial charge in [0.15, 0.2) is 5.78 Å². The summed E-state index contributed by atoms with van der Waals surface area (Å²) >= 11 is 3.26. The maximum atomic E-state index is 13.9. The van der Waals surface area contributed by atoms with Crippen molar-refractivity contribution in [2.24, 2.45) is 0 Å². The number of carbonyl (C=O) groups excluding carboxylic acids is 2. The number of carbonyl (C=O) groups is 2. The molecule has 0 fully saturated rings. The predicted octanol–water partition coefficient (Wildman–Crippen LogP) is 5.47. The molecule has 4 rings (SSSR count). The first kappa shape index (κ1) is 22.3. The molecule has 1 atom stereocenters. The molecule has 2 N–H and O–H groups in total. The molecule has 32 heavy (non-hydrogen) atoms. The summed E-state index contributed by atoms with van der Waals surface area (Å²) in [6.45, 7) is 1.63. The molecule has 0 saturated heterocycles. The first-order valence-electron chi connectivity index (χ1n) is 10.00. The first-order chi connectivity index (χ1) is 15.2. The Morgan fingerprint density at radius 1 is 1.19 bits per heavy atom. The third kappa shape index (κ3) is 4.21. The third-order valence-corrected chi connectivity index (χ3v) is 6.04. The van der Waals surface area contributed by atoms with Gasteiger partial charge in [0.05, 0.1) is 5.56 Å². The number of halogens is 4. The van der Waals surface area contributed by atoms with Crippen LogP contribution in [0.15, 0.2) is 69.6 Å². The van der Waals surface area contributed by atoms with Crippen molar-refractivity contribution >= 4 is 33.4 Å². The van der Waals surface area contributed by atoms with Crippen LogP contribution in [-0.4, -0.2) is 16.7 Å². The molecule has 1 amide bonds. The summed E-state index contributed by atoms with van der Waals surface area (Å²) in [5, 5.41) is 5.75. The van der Waals surface area contributed by atoms with Gasteiger partial charge in [-0.15, -0.1) is 0 Å². The average molecular weight is 506 g/mol. The number of alkyl halides is 3. The first-order valence-corrected chi connectivity index (χ1v) is 10.8. The van der Waals surface area contributed by atoms with Crippen molar-refractivity contribution in [1.29, 1.82) is 0 Å². The molecule has 166 valence electrons. The number of dihydropyridines is 1. The quantitative estimate of drug-likeness (QED) is 0.580. The predicted molar refractivity (Wildman–Crippen MR) is 116 cm³/mol. The van der Waals surface area contributed by atoms with E-state index in [0.717, 1.165) is 6.07 Å². The molecule has 2 aromatic rings. The van der Waals surface area contributed by atoms with Crippen LogP contribution < -0.4 is 10.6 Å². The molecule has 9 heteroatoms. The number of amides is 1. The highest BCUT2D eigenvalue weighted by Gasteiger charge is 2.43. The van der Waals surface area contributed by atoms with E-state index in [9.17, 15) is 22.8 Å². The summed E-state index contributed by atoms with van der Waals surface area (Å²) in [6.07, 6.45) is -1.77. The number of benzene rings is 1. The highest BCUT2D eigenvalue weighted by molar-refractivity contribution is 9.10. The highest BCUT2D eigenvalue weighted by atomic mass is 79.9. The highest BCUT2D eigenvalue weighted by Crippen LogP contribution is 2.46. The monoisotopic (exact) mass is 505 g/mol. The van der Waals surface area contributed by atoms with Crippen LogP contribution >= 0.6 is 15.9 Å². The van der Waals surface area contributed by atoms with Crippen molar-refractivity contribution < 1.29 is 22.8 Å². The Morgan fingerprint density at radius 3 is 2.62 bits per heavy atom. The van der Waals surface area contributed by atoms with E-state index in [1.165, 1.54) is 24.4 Å². The maximum absolute atomic E-state index is 13.9. The summed E-state index contributed by atoms with van der Waals surface area (Å²) in [7, 11) is 0. The number of ketones is 1. The number of hydrogen-bond acceptors (Lipinski definition) is 4. The average Bonchev–Trinajstić information content (AvgIpc) is 2.74. The van der Waals surface area contributed by atoms with Gasteiger partial charge in [0.1, 0.15) is 5.82 Å². The van der Waals surface area contributed by atoms with E-state index in [1.54, 1.807) is 19.1 Å². The number of hydrogen-bond donors (Lipinski definition) is 2. The molecule has 1 aromatic carbocycles. The van der Waals surface area contributed by atoms with Gasteiger partial charge in [-0.05, 0) is 59.5 Å². The Bertz CT molecular complexity index is 1150. The Balaban J connectivity index is 1.86. The Morgan fingerprint density at radius 2 is 1.94 bits per heavy atom. The smallest absolute Gasteiger partial charge is 0.362 e. The van der Waals surface area contributed by atoms with E-state index >= 15 is 0 Å². The van der Waals surface area contributed by atoms with Crippen molar-refractivity contribution in [3.8, 4) is 0 Å². The zero-order chi connectivity index (χ0) is 23.0. The fraction of sp³-hybridized carbons (Fsp3) is 0.261. The van der Waals surface area contributed by atoms with E-state index in [1.807, 2.05) is 0 Å². The Hall–Kier alpha value is -2.94. The fourth-order valence-corrected chi connectivity index (χ4v) is 4.47. The van der Waals surface area contributed by atoms with Gasteiger partial charge in [0.25, 0.3) is 5.91 Å². The zero-order valence-electron chi connectivity index (χ0n) is 17.0. The summed E-state index contributed by atoms with van der Waals surface area (Å²) in [6, 6.07) is 8.36. The lowest BCUT2D eigenvalue weighted by molar-refractivity contribution is -0.138. The van der Waals surface area contributed by atoms with Crippen molar-refractivity contribution in [2.75, 3.05) is 5.32 Å². The fourth-order valence-electron chi connectivity index (χ4n) is 4.24. The molecular weight excluding hydrogens is 487 g/mol. The topological polar surface area (TPSA) is 71.1 Å². The van der Waals surface area contributed by atoms with Gasteiger partial charge in [0.2, 0.25) is 0 Å².